The fourth-order valence-electron chi connectivity index (χ4n) is 0.724. The second-order valence-corrected chi connectivity index (χ2v) is 2.46. The minimum atomic E-state index is -0.711. The number of hydrogen-bond acceptors (Lipinski definition) is 2. The van der Waals surface area contributed by atoms with Crippen LogP contribution in [0.1, 0.15) is 32.6 Å². The molecule has 0 aromatic heterocycles. The zero-order valence-electron chi connectivity index (χ0n) is 7.01. The summed E-state index contributed by atoms with van der Waals surface area (Å²) in [5, 5.41) is 7.91. The van der Waals surface area contributed by atoms with Crippen LogP contribution >= 0.6 is 0 Å². The first kappa shape index (κ1) is 15.5. The third-order valence-electron chi connectivity index (χ3n) is 1.29. The second-order valence-electron chi connectivity index (χ2n) is 2.46. The summed E-state index contributed by atoms with van der Waals surface area (Å²) >= 11 is 0. The summed E-state index contributed by atoms with van der Waals surface area (Å²) in [6.45, 7) is 3.84. The predicted molar refractivity (Wildman–Crippen MR) is 49.7 cm³/mol. The molecule has 0 aromatic rings. The monoisotopic (exact) mass is 200 g/mol. The van der Waals surface area contributed by atoms with Crippen molar-refractivity contribution < 1.29 is 14.6 Å². The van der Waals surface area contributed by atoms with E-state index in [9.17, 15) is 4.79 Å². The van der Waals surface area contributed by atoms with Gasteiger partial charge in [0.25, 0.3) is 0 Å². The molecule has 4 heteroatoms. The molecule has 0 atom stereocenters. The van der Waals surface area contributed by atoms with Gasteiger partial charge in [-0.1, -0.05) is 6.92 Å². The Morgan fingerprint density at radius 1 is 1.42 bits per heavy atom. The predicted octanol–water partition coefficient (Wildman–Crippen LogP) is 1.02. The zero-order valence-corrected chi connectivity index (χ0v) is 7.01. The van der Waals surface area contributed by atoms with Gasteiger partial charge in [-0.2, -0.15) is 0 Å². The average Bonchev–Trinajstić information content (AvgIpc) is 2.41. The molecule has 0 aliphatic carbocycles. The summed E-state index contributed by atoms with van der Waals surface area (Å²) in [4.78, 5) is 9.60. The van der Waals surface area contributed by atoms with Crippen molar-refractivity contribution in [1.29, 1.82) is 0 Å². The maximum atomic E-state index is 9.60. The van der Waals surface area contributed by atoms with E-state index < -0.39 is 5.97 Å². The minimum absolute atomic E-state index is 0. The van der Waals surface area contributed by atoms with Gasteiger partial charge in [0.1, 0.15) is 0 Å². The first-order valence-corrected chi connectivity index (χ1v) is 4.07. The molecule has 1 aliphatic heterocycles. The Morgan fingerprint density at radius 2 is 1.92 bits per heavy atom. The summed E-state index contributed by atoms with van der Waals surface area (Å²) in [7, 11) is 0. The average molecular weight is 200 g/mol. The molecule has 1 rings (SSSR count). The van der Waals surface area contributed by atoms with Crippen LogP contribution in [-0.2, 0) is 9.53 Å². The quantitative estimate of drug-likeness (QED) is 0.677. The Hall–Kier alpha value is 1.07. The molecule has 1 fully saturated rings. The van der Waals surface area contributed by atoms with E-state index in [1.165, 1.54) is 12.8 Å². The van der Waals surface area contributed by atoms with Crippen LogP contribution in [0.2, 0.25) is 0 Å². The van der Waals surface area contributed by atoms with Crippen molar-refractivity contribution in [1.82, 2.24) is 0 Å². The van der Waals surface area contributed by atoms with Crippen molar-refractivity contribution in [2.75, 3.05) is 13.2 Å². The molecule has 1 saturated heterocycles. The fraction of sp³-hybridized carbons (Fsp3) is 0.875. The van der Waals surface area contributed by atoms with Crippen molar-refractivity contribution in [2.45, 2.75) is 32.6 Å². The molecule has 1 heterocycles. The molecule has 0 radical (unpaired) electrons. The van der Waals surface area contributed by atoms with Gasteiger partial charge in [0.2, 0.25) is 0 Å². The van der Waals surface area contributed by atoms with Gasteiger partial charge in [0.15, 0.2) is 0 Å². The molecule has 0 bridgehead atoms. The van der Waals surface area contributed by atoms with Gasteiger partial charge in [0.05, 0.1) is 0 Å². The number of carboxylic acids is 1. The van der Waals surface area contributed by atoms with Crippen molar-refractivity contribution in [3.05, 3.63) is 0 Å². The molecule has 0 aromatic carbocycles. The second kappa shape index (κ2) is 12.1. The van der Waals surface area contributed by atoms with E-state index in [1.807, 2.05) is 6.92 Å². The van der Waals surface area contributed by atoms with Crippen molar-refractivity contribution in [3.8, 4) is 0 Å². The van der Waals surface area contributed by atoms with Crippen molar-refractivity contribution in [2.24, 2.45) is 0 Å². The Morgan fingerprint density at radius 3 is 2.00 bits per heavy atom. The van der Waals surface area contributed by atoms with Gasteiger partial charge in [-0.05, 0) is 19.3 Å². The molecule has 0 amide bonds. The molecule has 1 aliphatic rings. The van der Waals surface area contributed by atoms with Crippen LogP contribution in [0, 0.1) is 0 Å². The SMILES string of the molecule is C1CCOC1.CCCC(=O)O.[KH]. The number of carbonyl (C=O) groups is 1. The molecule has 1 N–H and O–H groups in total. The Labute approximate surface area is 116 Å². The summed E-state index contributed by atoms with van der Waals surface area (Å²) in [5.41, 5.74) is 0. The van der Waals surface area contributed by atoms with Crippen LogP contribution in [0.5, 0.6) is 0 Å². The Bertz CT molecular complexity index is 94.9. The van der Waals surface area contributed by atoms with E-state index in [1.54, 1.807) is 0 Å². The summed E-state index contributed by atoms with van der Waals surface area (Å²) in [6, 6.07) is 0. The summed E-state index contributed by atoms with van der Waals surface area (Å²) in [6.07, 6.45) is 3.58. The maximum absolute atomic E-state index is 9.60. The van der Waals surface area contributed by atoms with Crippen LogP contribution in [0.4, 0.5) is 0 Å². The number of aliphatic carboxylic acids is 1. The van der Waals surface area contributed by atoms with E-state index >= 15 is 0 Å². The van der Waals surface area contributed by atoms with E-state index in [0.717, 1.165) is 19.6 Å². The molecule has 0 unspecified atom stereocenters. The van der Waals surface area contributed by atoms with Gasteiger partial charge in [-0.3, -0.25) is 4.79 Å². The Balaban J connectivity index is 0. The van der Waals surface area contributed by atoms with Crippen LogP contribution in [-0.4, -0.2) is 75.7 Å². The first-order valence-electron chi connectivity index (χ1n) is 4.07. The number of hydrogen-bond donors (Lipinski definition) is 1. The number of rotatable bonds is 2. The van der Waals surface area contributed by atoms with Gasteiger partial charge in [-0.15, -0.1) is 0 Å². The van der Waals surface area contributed by atoms with Crippen molar-refractivity contribution >= 4 is 57.4 Å². The fourth-order valence-corrected chi connectivity index (χ4v) is 0.724. The third-order valence-corrected chi connectivity index (χ3v) is 1.29. The molecular formula is C8H17KO3. The van der Waals surface area contributed by atoms with Gasteiger partial charge in [-0.25, -0.2) is 0 Å². The van der Waals surface area contributed by atoms with E-state index in [-0.39, 0.29) is 51.4 Å². The van der Waals surface area contributed by atoms with Crippen LogP contribution in [0.25, 0.3) is 0 Å². The molecule has 0 spiro atoms. The summed E-state index contributed by atoms with van der Waals surface area (Å²) < 4.78 is 4.94. The topological polar surface area (TPSA) is 46.5 Å². The summed E-state index contributed by atoms with van der Waals surface area (Å²) in [5.74, 6) is -0.711. The normalized spacial score (nSPS) is 14.1. The molecular weight excluding hydrogens is 183 g/mol. The Kier molecular flexibility index (Phi) is 15.6. The van der Waals surface area contributed by atoms with E-state index in [4.69, 9.17) is 9.84 Å². The molecule has 0 saturated carbocycles. The van der Waals surface area contributed by atoms with E-state index in [0.29, 0.717) is 6.42 Å². The number of ether oxygens (including phenoxy) is 1. The van der Waals surface area contributed by atoms with E-state index in [2.05, 4.69) is 0 Å². The molecule has 12 heavy (non-hydrogen) atoms. The van der Waals surface area contributed by atoms with Crippen LogP contribution in [0.15, 0.2) is 0 Å². The van der Waals surface area contributed by atoms with Gasteiger partial charge in [0, 0.05) is 19.6 Å². The van der Waals surface area contributed by atoms with Gasteiger partial charge >= 0.3 is 57.4 Å². The van der Waals surface area contributed by atoms with Crippen molar-refractivity contribution in [3.63, 3.8) is 0 Å². The van der Waals surface area contributed by atoms with Crippen LogP contribution < -0.4 is 0 Å². The molecule has 3 nitrogen and oxygen atoms in total. The standard InChI is InChI=1S/C4H8O2.C4H8O.K.H/c1-2-3-4(5)6;1-2-4-5-3-1;;/h2-3H2,1H3,(H,5,6);1-4H2;;. The van der Waals surface area contributed by atoms with Gasteiger partial charge < -0.3 is 9.84 Å². The molecule has 68 valence electrons. The first-order chi connectivity index (χ1) is 5.27. The zero-order chi connectivity index (χ0) is 8.53. The number of carboxylic acid groups (broad SMARTS) is 1. The third kappa shape index (κ3) is 13.6. The van der Waals surface area contributed by atoms with Crippen LogP contribution in [0.3, 0.4) is 0 Å².